The Morgan fingerprint density at radius 1 is 1.32 bits per heavy atom. The monoisotopic (exact) mass is 297 g/mol. The van der Waals surface area contributed by atoms with Gasteiger partial charge in [-0.2, -0.15) is 0 Å². The molecule has 1 N–H and O–H groups in total. The van der Waals surface area contributed by atoms with Crippen LogP contribution in [-0.2, 0) is 11.3 Å². The molecule has 6 nitrogen and oxygen atoms in total. The van der Waals surface area contributed by atoms with Gasteiger partial charge in [-0.3, -0.25) is 9.78 Å². The van der Waals surface area contributed by atoms with Crippen molar-refractivity contribution in [3.8, 4) is 0 Å². The summed E-state index contributed by atoms with van der Waals surface area (Å²) >= 11 is 0. The maximum absolute atomic E-state index is 11.0. The van der Waals surface area contributed by atoms with E-state index >= 15 is 0 Å². The van der Waals surface area contributed by atoms with Crippen LogP contribution in [0.3, 0.4) is 0 Å². The molecule has 6 heteroatoms. The molecule has 1 fully saturated rings. The van der Waals surface area contributed by atoms with Crippen molar-refractivity contribution in [1.29, 1.82) is 0 Å². The van der Waals surface area contributed by atoms with Gasteiger partial charge in [0.15, 0.2) is 0 Å². The minimum absolute atomic E-state index is 0.0487. The Morgan fingerprint density at radius 2 is 2.14 bits per heavy atom. The van der Waals surface area contributed by atoms with Crippen LogP contribution in [0, 0.1) is 0 Å². The third-order valence-corrected chi connectivity index (χ3v) is 3.75. The fraction of sp³-hybridized carbons (Fsp3) is 0.375. The molecule has 1 saturated heterocycles. The largest absolute Gasteiger partial charge is 0.351 e. The highest BCUT2D eigenvalue weighted by atomic mass is 16.1. The van der Waals surface area contributed by atoms with E-state index in [0.717, 1.165) is 36.7 Å². The maximum Gasteiger partial charge on any atom is 0.225 e. The predicted molar refractivity (Wildman–Crippen MR) is 83.1 cm³/mol. The standard InChI is InChI=1S/C16H19N5O/c1-12(22)19-11-13-5-2-6-14(20-13)15-7-3-10-21(15)16-17-8-4-9-18-16/h2,4-6,8-9,15H,3,7,10-11H2,1H3,(H,19,22)/t15-/m1/s1. The molecular formula is C16H19N5O. The summed E-state index contributed by atoms with van der Waals surface area (Å²) in [5.74, 6) is 0.700. The van der Waals surface area contributed by atoms with Crippen molar-refractivity contribution >= 4 is 11.9 Å². The van der Waals surface area contributed by atoms with Crippen molar-refractivity contribution in [1.82, 2.24) is 20.3 Å². The first kappa shape index (κ1) is 14.4. The van der Waals surface area contributed by atoms with Gasteiger partial charge in [0.05, 0.1) is 24.0 Å². The normalized spacial score (nSPS) is 17.5. The average Bonchev–Trinajstić information content (AvgIpc) is 3.04. The fourth-order valence-electron chi connectivity index (χ4n) is 2.75. The second kappa shape index (κ2) is 6.51. The summed E-state index contributed by atoms with van der Waals surface area (Å²) in [6, 6.07) is 7.96. The molecule has 1 aliphatic heterocycles. The number of nitrogens with zero attached hydrogens (tertiary/aromatic N) is 4. The predicted octanol–water partition coefficient (Wildman–Crippen LogP) is 1.85. The molecule has 1 atom stereocenters. The van der Waals surface area contributed by atoms with Gasteiger partial charge in [-0.15, -0.1) is 0 Å². The number of hydrogen-bond acceptors (Lipinski definition) is 5. The Labute approximate surface area is 129 Å². The van der Waals surface area contributed by atoms with Crippen LogP contribution in [-0.4, -0.2) is 27.4 Å². The first-order valence-electron chi connectivity index (χ1n) is 7.48. The molecule has 2 aromatic heterocycles. The summed E-state index contributed by atoms with van der Waals surface area (Å²) in [4.78, 5) is 26.6. The number of nitrogens with one attached hydrogen (secondary N) is 1. The molecule has 22 heavy (non-hydrogen) atoms. The molecular weight excluding hydrogens is 278 g/mol. The van der Waals surface area contributed by atoms with Crippen LogP contribution in [0.15, 0.2) is 36.7 Å². The topological polar surface area (TPSA) is 71.0 Å². The first-order valence-corrected chi connectivity index (χ1v) is 7.48. The van der Waals surface area contributed by atoms with Gasteiger partial charge in [0.25, 0.3) is 0 Å². The van der Waals surface area contributed by atoms with Gasteiger partial charge in [-0.05, 0) is 31.0 Å². The highest BCUT2D eigenvalue weighted by Gasteiger charge is 2.28. The quantitative estimate of drug-likeness (QED) is 0.932. The van der Waals surface area contributed by atoms with Crippen LogP contribution >= 0.6 is 0 Å². The molecule has 0 aliphatic carbocycles. The average molecular weight is 297 g/mol. The fourth-order valence-corrected chi connectivity index (χ4v) is 2.75. The SMILES string of the molecule is CC(=O)NCc1cccc([C@H]2CCCN2c2ncccn2)n1. The van der Waals surface area contributed by atoms with E-state index in [2.05, 4.69) is 20.2 Å². The Bertz CT molecular complexity index is 646. The highest BCUT2D eigenvalue weighted by Crippen LogP contribution is 2.33. The Balaban J connectivity index is 1.80. The van der Waals surface area contributed by atoms with E-state index < -0.39 is 0 Å². The van der Waals surface area contributed by atoms with Gasteiger partial charge in [-0.1, -0.05) is 6.07 Å². The van der Waals surface area contributed by atoms with E-state index in [9.17, 15) is 4.79 Å². The summed E-state index contributed by atoms with van der Waals surface area (Å²) in [5, 5.41) is 2.78. The number of carbonyl (C=O) groups is 1. The number of anilines is 1. The molecule has 3 heterocycles. The van der Waals surface area contributed by atoms with Crippen molar-refractivity contribution in [2.75, 3.05) is 11.4 Å². The zero-order valence-electron chi connectivity index (χ0n) is 12.6. The number of pyridine rings is 1. The number of rotatable bonds is 4. The van der Waals surface area contributed by atoms with E-state index in [-0.39, 0.29) is 11.9 Å². The Kier molecular flexibility index (Phi) is 4.27. The maximum atomic E-state index is 11.0. The third kappa shape index (κ3) is 3.21. The van der Waals surface area contributed by atoms with E-state index in [0.29, 0.717) is 6.54 Å². The number of hydrogen-bond donors (Lipinski definition) is 1. The summed E-state index contributed by atoms with van der Waals surface area (Å²) in [5.41, 5.74) is 1.88. The van der Waals surface area contributed by atoms with Gasteiger partial charge < -0.3 is 10.2 Å². The molecule has 0 bridgehead atoms. The summed E-state index contributed by atoms with van der Waals surface area (Å²) in [7, 11) is 0. The van der Waals surface area contributed by atoms with Crippen molar-refractivity contribution < 1.29 is 4.79 Å². The number of amides is 1. The molecule has 0 unspecified atom stereocenters. The Morgan fingerprint density at radius 3 is 2.91 bits per heavy atom. The molecule has 0 spiro atoms. The number of carbonyl (C=O) groups excluding carboxylic acids is 1. The lowest BCUT2D eigenvalue weighted by Gasteiger charge is -2.24. The molecule has 0 saturated carbocycles. The van der Waals surface area contributed by atoms with Crippen LogP contribution < -0.4 is 10.2 Å². The van der Waals surface area contributed by atoms with Crippen molar-refractivity contribution in [3.05, 3.63) is 48.0 Å². The minimum atomic E-state index is -0.0487. The van der Waals surface area contributed by atoms with Gasteiger partial charge in [-0.25, -0.2) is 9.97 Å². The van der Waals surface area contributed by atoms with Crippen LogP contribution in [0.2, 0.25) is 0 Å². The van der Waals surface area contributed by atoms with Crippen LogP contribution in [0.5, 0.6) is 0 Å². The van der Waals surface area contributed by atoms with Crippen LogP contribution in [0.1, 0.15) is 37.2 Å². The van der Waals surface area contributed by atoms with E-state index in [1.807, 2.05) is 24.3 Å². The third-order valence-electron chi connectivity index (χ3n) is 3.75. The molecule has 1 amide bonds. The van der Waals surface area contributed by atoms with Crippen LogP contribution in [0.4, 0.5) is 5.95 Å². The lowest BCUT2D eigenvalue weighted by atomic mass is 10.1. The first-order chi connectivity index (χ1) is 10.7. The van der Waals surface area contributed by atoms with Gasteiger partial charge in [0, 0.05) is 25.9 Å². The molecule has 3 rings (SSSR count). The molecule has 0 radical (unpaired) electrons. The van der Waals surface area contributed by atoms with Crippen LogP contribution in [0.25, 0.3) is 0 Å². The van der Waals surface area contributed by atoms with E-state index in [1.165, 1.54) is 6.92 Å². The minimum Gasteiger partial charge on any atom is -0.351 e. The van der Waals surface area contributed by atoms with Gasteiger partial charge >= 0.3 is 0 Å². The number of aromatic nitrogens is 3. The summed E-state index contributed by atoms with van der Waals surface area (Å²) in [6.07, 6.45) is 5.66. The Hall–Kier alpha value is -2.50. The molecule has 114 valence electrons. The molecule has 2 aromatic rings. The van der Waals surface area contributed by atoms with Crippen molar-refractivity contribution in [2.45, 2.75) is 32.4 Å². The second-order valence-corrected chi connectivity index (χ2v) is 5.36. The lowest BCUT2D eigenvalue weighted by molar-refractivity contribution is -0.119. The second-order valence-electron chi connectivity index (χ2n) is 5.36. The van der Waals surface area contributed by atoms with Gasteiger partial charge in [0.1, 0.15) is 0 Å². The highest BCUT2D eigenvalue weighted by molar-refractivity contribution is 5.72. The molecule has 0 aromatic carbocycles. The summed E-state index contributed by atoms with van der Waals surface area (Å²) < 4.78 is 0. The zero-order valence-corrected chi connectivity index (χ0v) is 12.6. The van der Waals surface area contributed by atoms with Crippen molar-refractivity contribution in [2.24, 2.45) is 0 Å². The lowest BCUT2D eigenvalue weighted by Crippen LogP contribution is -2.26. The van der Waals surface area contributed by atoms with E-state index in [1.54, 1.807) is 12.4 Å². The van der Waals surface area contributed by atoms with Gasteiger partial charge in [0.2, 0.25) is 11.9 Å². The zero-order chi connectivity index (χ0) is 15.4. The summed E-state index contributed by atoms with van der Waals surface area (Å²) in [6.45, 7) is 2.90. The van der Waals surface area contributed by atoms with Crippen molar-refractivity contribution in [3.63, 3.8) is 0 Å². The van der Waals surface area contributed by atoms with E-state index in [4.69, 9.17) is 4.98 Å². The molecule has 1 aliphatic rings. The smallest absolute Gasteiger partial charge is 0.225 e.